The summed E-state index contributed by atoms with van der Waals surface area (Å²) in [7, 11) is 3.32. The van der Waals surface area contributed by atoms with Gasteiger partial charge in [-0.15, -0.1) is 0 Å². The lowest BCUT2D eigenvalue weighted by Gasteiger charge is -2.35. The van der Waals surface area contributed by atoms with Crippen molar-refractivity contribution in [3.8, 4) is 11.5 Å². The molecule has 0 radical (unpaired) electrons. The van der Waals surface area contributed by atoms with E-state index in [2.05, 4.69) is 48.6 Å². The van der Waals surface area contributed by atoms with E-state index in [9.17, 15) is 4.79 Å². The first-order chi connectivity index (χ1) is 13.0. The minimum Gasteiger partial charge on any atom is -0.493 e. The van der Waals surface area contributed by atoms with Gasteiger partial charge in [0.2, 0.25) is 5.91 Å². The molecule has 2 aromatic rings. The van der Waals surface area contributed by atoms with Gasteiger partial charge in [0.05, 0.1) is 27.3 Å². The number of quaternary nitrogens is 1. The summed E-state index contributed by atoms with van der Waals surface area (Å²) in [6.45, 7) is 6.29. The van der Waals surface area contributed by atoms with E-state index in [0.29, 0.717) is 6.54 Å². The van der Waals surface area contributed by atoms with E-state index in [4.69, 9.17) is 9.47 Å². The van der Waals surface area contributed by atoms with Crippen molar-refractivity contribution in [1.82, 2.24) is 5.32 Å². The zero-order valence-corrected chi connectivity index (χ0v) is 16.6. The second-order valence-electron chi connectivity index (χ2n) is 7.16. The summed E-state index contributed by atoms with van der Waals surface area (Å²) in [6.07, 6.45) is 0.980. The van der Waals surface area contributed by atoms with Crippen LogP contribution in [0, 0.1) is 6.92 Å². The molecule has 3 rings (SSSR count). The fourth-order valence-corrected chi connectivity index (χ4v) is 3.93. The summed E-state index contributed by atoms with van der Waals surface area (Å²) in [5, 5.41) is 3.02. The molecule has 0 bridgehead atoms. The molecule has 1 aliphatic rings. The number of ether oxygens (including phenoxy) is 2. The number of rotatable bonds is 6. The highest BCUT2D eigenvalue weighted by Gasteiger charge is 2.32. The maximum absolute atomic E-state index is 11.6. The zero-order chi connectivity index (χ0) is 19.4. The Labute approximate surface area is 161 Å². The standard InChI is InChI=1S/C22H28N2O3/c1-15-7-5-6-8-18(15)14-24-10-9-17-11-21(26-3)22(27-4)12-19(17)20(24)13-23-16(2)25/h5-8,11-12,20H,9-10,13-14H2,1-4H3,(H,23,25)/p+1/t20-/m1/s1. The summed E-state index contributed by atoms with van der Waals surface area (Å²) < 4.78 is 11.0. The Morgan fingerprint density at radius 3 is 2.56 bits per heavy atom. The highest BCUT2D eigenvalue weighted by Crippen LogP contribution is 2.34. The number of hydrogen-bond acceptors (Lipinski definition) is 3. The van der Waals surface area contributed by atoms with Crippen molar-refractivity contribution in [2.45, 2.75) is 32.9 Å². The summed E-state index contributed by atoms with van der Waals surface area (Å²) in [5.74, 6) is 1.50. The molecule has 1 aliphatic heterocycles. The van der Waals surface area contributed by atoms with E-state index >= 15 is 0 Å². The number of benzene rings is 2. The molecule has 0 fully saturated rings. The first-order valence-corrected chi connectivity index (χ1v) is 9.41. The molecular weight excluding hydrogens is 340 g/mol. The smallest absolute Gasteiger partial charge is 0.217 e. The lowest BCUT2D eigenvalue weighted by atomic mass is 9.91. The van der Waals surface area contributed by atoms with Crippen LogP contribution in [0.3, 0.4) is 0 Å². The molecular formula is C22H29N2O3+. The van der Waals surface area contributed by atoms with Gasteiger partial charge < -0.3 is 19.7 Å². The Morgan fingerprint density at radius 1 is 1.19 bits per heavy atom. The Bertz CT molecular complexity index is 819. The molecule has 0 saturated heterocycles. The first kappa shape index (κ1) is 19.2. The molecule has 1 unspecified atom stereocenters. The van der Waals surface area contributed by atoms with Crippen molar-refractivity contribution in [2.75, 3.05) is 27.3 Å². The van der Waals surface area contributed by atoms with Crippen LogP contribution in [0.5, 0.6) is 11.5 Å². The Kier molecular flexibility index (Phi) is 6.01. The van der Waals surface area contributed by atoms with Gasteiger partial charge in [0, 0.05) is 24.5 Å². The number of carbonyl (C=O) groups is 1. The molecule has 2 N–H and O–H groups in total. The minimum absolute atomic E-state index is 0.00200. The molecule has 2 atom stereocenters. The van der Waals surface area contributed by atoms with Gasteiger partial charge in [-0.3, -0.25) is 4.79 Å². The van der Waals surface area contributed by atoms with Gasteiger partial charge in [0.1, 0.15) is 12.6 Å². The SMILES string of the molecule is COc1cc2c(cc1OC)[C@@H](CNC(C)=O)[NH+](Cc1ccccc1C)CC2. The van der Waals surface area contributed by atoms with Crippen molar-refractivity contribution in [2.24, 2.45) is 0 Å². The monoisotopic (exact) mass is 369 g/mol. The highest BCUT2D eigenvalue weighted by atomic mass is 16.5. The fraction of sp³-hybridized carbons (Fsp3) is 0.409. The van der Waals surface area contributed by atoms with Crippen LogP contribution in [0.2, 0.25) is 0 Å². The number of methoxy groups -OCH3 is 2. The van der Waals surface area contributed by atoms with Crippen molar-refractivity contribution >= 4 is 5.91 Å². The second kappa shape index (κ2) is 8.44. The number of fused-ring (bicyclic) bond motifs is 1. The summed E-state index contributed by atoms with van der Waals surface area (Å²) in [4.78, 5) is 13.0. The molecule has 0 spiro atoms. The number of hydrogen-bond donors (Lipinski definition) is 2. The van der Waals surface area contributed by atoms with E-state index in [0.717, 1.165) is 31.0 Å². The van der Waals surface area contributed by atoms with Gasteiger partial charge in [0.25, 0.3) is 0 Å². The van der Waals surface area contributed by atoms with Crippen LogP contribution in [0.1, 0.15) is 35.2 Å². The summed E-state index contributed by atoms with van der Waals surface area (Å²) >= 11 is 0. The third-order valence-corrected chi connectivity index (χ3v) is 5.46. The van der Waals surface area contributed by atoms with Crippen molar-refractivity contribution in [3.05, 3.63) is 58.7 Å². The maximum atomic E-state index is 11.6. The second-order valence-corrected chi connectivity index (χ2v) is 7.16. The maximum Gasteiger partial charge on any atom is 0.217 e. The molecule has 0 aliphatic carbocycles. The van der Waals surface area contributed by atoms with E-state index in [1.807, 2.05) is 0 Å². The van der Waals surface area contributed by atoms with Crippen molar-refractivity contribution in [3.63, 3.8) is 0 Å². The largest absolute Gasteiger partial charge is 0.493 e. The molecule has 144 valence electrons. The molecule has 1 heterocycles. The highest BCUT2D eigenvalue weighted by molar-refractivity contribution is 5.72. The fourth-order valence-electron chi connectivity index (χ4n) is 3.93. The lowest BCUT2D eigenvalue weighted by molar-refractivity contribution is -0.945. The molecule has 1 amide bonds. The average molecular weight is 369 g/mol. The van der Waals surface area contributed by atoms with Gasteiger partial charge in [0.15, 0.2) is 11.5 Å². The average Bonchev–Trinajstić information content (AvgIpc) is 2.67. The van der Waals surface area contributed by atoms with E-state index < -0.39 is 0 Å². The van der Waals surface area contributed by atoms with Crippen molar-refractivity contribution in [1.29, 1.82) is 0 Å². The predicted molar refractivity (Wildman–Crippen MR) is 105 cm³/mol. The van der Waals surface area contributed by atoms with E-state index in [-0.39, 0.29) is 11.9 Å². The topological polar surface area (TPSA) is 52.0 Å². The summed E-state index contributed by atoms with van der Waals surface area (Å²) in [5.41, 5.74) is 5.17. The van der Waals surface area contributed by atoms with Gasteiger partial charge in [-0.2, -0.15) is 0 Å². The lowest BCUT2D eigenvalue weighted by Crippen LogP contribution is -3.12. The Hall–Kier alpha value is -2.53. The molecule has 27 heavy (non-hydrogen) atoms. The molecule has 0 aromatic heterocycles. The van der Waals surface area contributed by atoms with Crippen LogP contribution in [0.15, 0.2) is 36.4 Å². The molecule has 0 saturated carbocycles. The molecule has 2 aromatic carbocycles. The van der Waals surface area contributed by atoms with E-state index in [1.54, 1.807) is 21.1 Å². The van der Waals surface area contributed by atoms with Crippen LogP contribution in [0.25, 0.3) is 0 Å². The van der Waals surface area contributed by atoms with Crippen LogP contribution in [-0.4, -0.2) is 33.2 Å². The third-order valence-electron chi connectivity index (χ3n) is 5.46. The van der Waals surface area contributed by atoms with Crippen molar-refractivity contribution < 1.29 is 19.2 Å². The zero-order valence-electron chi connectivity index (χ0n) is 16.6. The van der Waals surface area contributed by atoms with Crippen LogP contribution in [0.4, 0.5) is 0 Å². The number of carbonyl (C=O) groups excluding carboxylic acids is 1. The van der Waals surface area contributed by atoms with Gasteiger partial charge in [-0.05, 0) is 30.2 Å². The number of aryl methyl sites for hydroxylation is 1. The Morgan fingerprint density at radius 2 is 1.89 bits per heavy atom. The first-order valence-electron chi connectivity index (χ1n) is 9.41. The van der Waals surface area contributed by atoms with Gasteiger partial charge in [-0.1, -0.05) is 24.3 Å². The van der Waals surface area contributed by atoms with Crippen LogP contribution in [-0.2, 0) is 17.8 Å². The van der Waals surface area contributed by atoms with E-state index in [1.165, 1.54) is 27.2 Å². The third kappa shape index (κ3) is 4.25. The number of nitrogens with one attached hydrogen (secondary N) is 2. The van der Waals surface area contributed by atoms with Gasteiger partial charge in [-0.25, -0.2) is 0 Å². The molecule has 5 nitrogen and oxygen atoms in total. The normalized spacial score (nSPS) is 18.5. The predicted octanol–water partition coefficient (Wildman–Crippen LogP) is 1.83. The number of amides is 1. The molecule has 5 heteroatoms. The van der Waals surface area contributed by atoms with Gasteiger partial charge >= 0.3 is 0 Å². The van der Waals surface area contributed by atoms with Crippen LogP contribution >= 0.6 is 0 Å². The summed E-state index contributed by atoms with van der Waals surface area (Å²) in [6, 6.07) is 12.9. The minimum atomic E-state index is -0.00200. The quantitative estimate of drug-likeness (QED) is 0.817. The van der Waals surface area contributed by atoms with Crippen LogP contribution < -0.4 is 19.7 Å². The Balaban J connectivity index is 1.96.